The SMILES string of the molecule is Cc1ccc(OCCc2nnn(CCO)n2)cc1. The summed E-state index contributed by atoms with van der Waals surface area (Å²) in [6.45, 7) is 2.92. The second kappa shape index (κ2) is 6.11. The first-order chi connectivity index (χ1) is 8.78. The lowest BCUT2D eigenvalue weighted by molar-refractivity contribution is 0.258. The van der Waals surface area contributed by atoms with Crippen molar-refractivity contribution in [1.29, 1.82) is 0 Å². The van der Waals surface area contributed by atoms with E-state index in [0.717, 1.165) is 5.75 Å². The summed E-state index contributed by atoms with van der Waals surface area (Å²) in [5, 5.41) is 20.5. The van der Waals surface area contributed by atoms with Crippen LogP contribution in [0.25, 0.3) is 0 Å². The lowest BCUT2D eigenvalue weighted by atomic mass is 10.2. The molecule has 1 aromatic carbocycles. The molecule has 1 aromatic heterocycles. The van der Waals surface area contributed by atoms with E-state index in [9.17, 15) is 0 Å². The van der Waals surface area contributed by atoms with Gasteiger partial charge in [-0.2, -0.15) is 4.80 Å². The first-order valence-electron chi connectivity index (χ1n) is 5.85. The predicted molar refractivity (Wildman–Crippen MR) is 65.3 cm³/mol. The largest absolute Gasteiger partial charge is 0.493 e. The number of hydrogen-bond acceptors (Lipinski definition) is 5. The third-order valence-electron chi connectivity index (χ3n) is 2.41. The van der Waals surface area contributed by atoms with Gasteiger partial charge in [0.2, 0.25) is 0 Å². The van der Waals surface area contributed by atoms with Crippen molar-refractivity contribution in [2.24, 2.45) is 0 Å². The van der Waals surface area contributed by atoms with Gasteiger partial charge in [0, 0.05) is 6.42 Å². The van der Waals surface area contributed by atoms with E-state index < -0.39 is 0 Å². The number of aryl methyl sites for hydroxylation is 1. The van der Waals surface area contributed by atoms with Gasteiger partial charge in [0.1, 0.15) is 5.75 Å². The zero-order valence-electron chi connectivity index (χ0n) is 10.3. The van der Waals surface area contributed by atoms with E-state index in [1.807, 2.05) is 31.2 Å². The first-order valence-corrected chi connectivity index (χ1v) is 5.85. The van der Waals surface area contributed by atoms with Gasteiger partial charge in [-0.1, -0.05) is 17.7 Å². The van der Waals surface area contributed by atoms with E-state index in [0.29, 0.717) is 25.4 Å². The summed E-state index contributed by atoms with van der Waals surface area (Å²) in [5.74, 6) is 1.46. The molecule has 0 spiro atoms. The van der Waals surface area contributed by atoms with Gasteiger partial charge in [-0.15, -0.1) is 10.2 Å². The normalized spacial score (nSPS) is 10.6. The Balaban J connectivity index is 1.79. The highest BCUT2D eigenvalue weighted by atomic mass is 16.5. The molecule has 0 aliphatic carbocycles. The standard InChI is InChI=1S/C12H16N4O2/c1-10-2-4-11(5-3-10)18-9-6-12-13-15-16(14-12)7-8-17/h2-5,17H,6-9H2,1H3. The third kappa shape index (κ3) is 3.53. The van der Waals surface area contributed by atoms with Gasteiger partial charge < -0.3 is 9.84 Å². The molecule has 0 aliphatic rings. The molecule has 0 radical (unpaired) electrons. The van der Waals surface area contributed by atoms with E-state index in [-0.39, 0.29) is 6.61 Å². The van der Waals surface area contributed by atoms with Crippen molar-refractivity contribution < 1.29 is 9.84 Å². The van der Waals surface area contributed by atoms with Gasteiger partial charge in [0.15, 0.2) is 5.82 Å². The molecule has 0 bridgehead atoms. The molecule has 96 valence electrons. The van der Waals surface area contributed by atoms with E-state index in [4.69, 9.17) is 9.84 Å². The Morgan fingerprint density at radius 2 is 2.06 bits per heavy atom. The Morgan fingerprint density at radius 1 is 1.28 bits per heavy atom. The number of hydrogen-bond donors (Lipinski definition) is 1. The van der Waals surface area contributed by atoms with Crippen molar-refractivity contribution in [1.82, 2.24) is 20.2 Å². The molecule has 0 unspecified atom stereocenters. The van der Waals surface area contributed by atoms with Crippen LogP contribution in [0.5, 0.6) is 5.75 Å². The predicted octanol–water partition coefficient (Wildman–Crippen LogP) is 0.595. The molecule has 0 saturated heterocycles. The molecule has 1 N–H and O–H groups in total. The number of nitrogens with zero attached hydrogens (tertiary/aromatic N) is 4. The second-order valence-electron chi connectivity index (χ2n) is 3.94. The van der Waals surface area contributed by atoms with Crippen molar-refractivity contribution in [2.75, 3.05) is 13.2 Å². The maximum Gasteiger partial charge on any atom is 0.178 e. The monoisotopic (exact) mass is 248 g/mol. The van der Waals surface area contributed by atoms with E-state index in [1.165, 1.54) is 10.4 Å². The molecule has 2 aromatic rings. The Kier molecular flexibility index (Phi) is 4.25. The Morgan fingerprint density at radius 3 is 2.78 bits per heavy atom. The van der Waals surface area contributed by atoms with E-state index >= 15 is 0 Å². The van der Waals surface area contributed by atoms with Crippen molar-refractivity contribution in [3.05, 3.63) is 35.7 Å². The number of aliphatic hydroxyl groups is 1. The zero-order chi connectivity index (χ0) is 12.8. The molecule has 18 heavy (non-hydrogen) atoms. The fourth-order valence-electron chi connectivity index (χ4n) is 1.46. The number of tetrazole rings is 1. The Labute approximate surface area is 105 Å². The van der Waals surface area contributed by atoms with Crippen LogP contribution in [0.3, 0.4) is 0 Å². The average molecular weight is 248 g/mol. The molecule has 0 aliphatic heterocycles. The fraction of sp³-hybridized carbons (Fsp3) is 0.417. The van der Waals surface area contributed by atoms with Crippen molar-refractivity contribution in [3.8, 4) is 5.75 Å². The molecule has 0 atom stereocenters. The van der Waals surface area contributed by atoms with Gasteiger partial charge in [0.25, 0.3) is 0 Å². The lowest BCUT2D eigenvalue weighted by Crippen LogP contribution is -2.07. The van der Waals surface area contributed by atoms with Crippen LogP contribution in [0.1, 0.15) is 11.4 Å². The van der Waals surface area contributed by atoms with Gasteiger partial charge in [-0.3, -0.25) is 0 Å². The minimum Gasteiger partial charge on any atom is -0.493 e. The first kappa shape index (κ1) is 12.5. The quantitative estimate of drug-likeness (QED) is 0.810. The van der Waals surface area contributed by atoms with Crippen LogP contribution in [0.15, 0.2) is 24.3 Å². The van der Waals surface area contributed by atoms with Crippen LogP contribution >= 0.6 is 0 Å². The summed E-state index contributed by atoms with van der Waals surface area (Å²) < 4.78 is 5.57. The average Bonchev–Trinajstić information content (AvgIpc) is 2.80. The van der Waals surface area contributed by atoms with Crippen molar-refractivity contribution >= 4 is 0 Å². The van der Waals surface area contributed by atoms with Crippen molar-refractivity contribution in [3.63, 3.8) is 0 Å². The zero-order valence-corrected chi connectivity index (χ0v) is 10.3. The molecule has 2 rings (SSSR count). The number of aliphatic hydroxyl groups excluding tert-OH is 1. The Bertz CT molecular complexity index is 481. The lowest BCUT2D eigenvalue weighted by Gasteiger charge is -2.04. The number of rotatable bonds is 6. The smallest absolute Gasteiger partial charge is 0.178 e. The molecule has 6 heteroatoms. The Hall–Kier alpha value is -1.95. The van der Waals surface area contributed by atoms with Crippen LogP contribution in [0, 0.1) is 6.92 Å². The minimum atomic E-state index is 0.00959. The highest BCUT2D eigenvalue weighted by Crippen LogP contribution is 2.11. The number of aromatic nitrogens is 4. The molecule has 0 fully saturated rings. The van der Waals surface area contributed by atoms with Gasteiger partial charge in [-0.05, 0) is 24.3 Å². The van der Waals surface area contributed by atoms with Crippen LogP contribution in [-0.4, -0.2) is 38.5 Å². The number of benzene rings is 1. The highest BCUT2D eigenvalue weighted by Gasteiger charge is 2.02. The summed E-state index contributed by atoms with van der Waals surface area (Å²) in [7, 11) is 0. The van der Waals surface area contributed by atoms with Crippen LogP contribution in [-0.2, 0) is 13.0 Å². The maximum absolute atomic E-state index is 8.72. The van der Waals surface area contributed by atoms with Crippen molar-refractivity contribution in [2.45, 2.75) is 19.9 Å². The summed E-state index contributed by atoms with van der Waals surface area (Å²) in [6.07, 6.45) is 0.597. The topological polar surface area (TPSA) is 73.1 Å². The third-order valence-corrected chi connectivity index (χ3v) is 2.41. The minimum absolute atomic E-state index is 0.00959. The maximum atomic E-state index is 8.72. The summed E-state index contributed by atoms with van der Waals surface area (Å²) in [6, 6.07) is 7.88. The van der Waals surface area contributed by atoms with Crippen LogP contribution < -0.4 is 4.74 Å². The van der Waals surface area contributed by atoms with E-state index in [1.54, 1.807) is 0 Å². The molecular formula is C12H16N4O2. The number of ether oxygens (including phenoxy) is 1. The fourth-order valence-corrected chi connectivity index (χ4v) is 1.46. The molecule has 6 nitrogen and oxygen atoms in total. The van der Waals surface area contributed by atoms with E-state index in [2.05, 4.69) is 15.4 Å². The summed E-state index contributed by atoms with van der Waals surface area (Å²) in [4.78, 5) is 1.38. The molecule has 0 saturated carbocycles. The van der Waals surface area contributed by atoms with Gasteiger partial charge >= 0.3 is 0 Å². The molecular weight excluding hydrogens is 232 g/mol. The molecule has 0 amide bonds. The summed E-state index contributed by atoms with van der Waals surface area (Å²) in [5.41, 5.74) is 1.20. The second-order valence-corrected chi connectivity index (χ2v) is 3.94. The van der Waals surface area contributed by atoms with Gasteiger partial charge in [0.05, 0.1) is 19.8 Å². The van der Waals surface area contributed by atoms with Crippen LogP contribution in [0.2, 0.25) is 0 Å². The highest BCUT2D eigenvalue weighted by molar-refractivity contribution is 5.26. The van der Waals surface area contributed by atoms with Crippen LogP contribution in [0.4, 0.5) is 0 Å². The summed E-state index contributed by atoms with van der Waals surface area (Å²) >= 11 is 0. The van der Waals surface area contributed by atoms with Gasteiger partial charge in [-0.25, -0.2) is 0 Å². The molecule has 1 heterocycles.